The third-order valence-corrected chi connectivity index (χ3v) is 3.46. The predicted molar refractivity (Wildman–Crippen MR) is 82.6 cm³/mol. The van der Waals surface area contributed by atoms with Crippen molar-refractivity contribution >= 4 is 33.4 Å². The van der Waals surface area contributed by atoms with E-state index in [1.54, 1.807) is 12.1 Å². The Morgan fingerprint density at radius 1 is 1.35 bits per heavy atom. The second-order valence-electron chi connectivity index (χ2n) is 4.39. The number of carboxylic acid groups (broad SMARTS) is 1. The summed E-state index contributed by atoms with van der Waals surface area (Å²) in [5, 5.41) is 12.3. The molecule has 0 unspecified atom stereocenters. The molecule has 5 heteroatoms. The van der Waals surface area contributed by atoms with Crippen LogP contribution in [-0.4, -0.2) is 16.1 Å². The average molecular weight is 335 g/mol. The molecule has 0 aliphatic heterocycles. The maximum atomic E-state index is 11.2. The summed E-state index contributed by atoms with van der Waals surface area (Å²) in [6, 6.07) is 10.8. The van der Waals surface area contributed by atoms with E-state index in [9.17, 15) is 4.79 Å². The first-order chi connectivity index (χ1) is 9.60. The van der Waals surface area contributed by atoms with Gasteiger partial charge in [0, 0.05) is 10.2 Å². The van der Waals surface area contributed by atoms with E-state index in [2.05, 4.69) is 26.2 Å². The number of aromatic carboxylic acids is 1. The number of nitrogens with zero attached hydrogens (tertiary/aromatic N) is 1. The van der Waals surface area contributed by atoms with Gasteiger partial charge in [-0.3, -0.25) is 0 Å². The zero-order chi connectivity index (χ0) is 14.5. The molecule has 1 heterocycles. The Bertz CT molecular complexity index is 629. The molecule has 0 spiro atoms. The molecule has 0 atom stereocenters. The molecule has 2 rings (SSSR count). The van der Waals surface area contributed by atoms with Crippen LogP contribution in [0.4, 0.5) is 11.5 Å². The third-order valence-electron chi connectivity index (χ3n) is 2.77. The van der Waals surface area contributed by atoms with E-state index in [-0.39, 0.29) is 5.56 Å². The zero-order valence-corrected chi connectivity index (χ0v) is 12.6. The number of carbonyl (C=O) groups is 1. The van der Waals surface area contributed by atoms with Crippen LogP contribution in [0.2, 0.25) is 0 Å². The van der Waals surface area contributed by atoms with Gasteiger partial charge < -0.3 is 10.4 Å². The maximum Gasteiger partial charge on any atom is 0.335 e. The summed E-state index contributed by atoms with van der Waals surface area (Å²) in [5.41, 5.74) is 1.88. The van der Waals surface area contributed by atoms with Gasteiger partial charge >= 0.3 is 5.97 Å². The second-order valence-corrected chi connectivity index (χ2v) is 5.25. The number of hydrogen-bond acceptors (Lipinski definition) is 3. The van der Waals surface area contributed by atoms with Gasteiger partial charge in [0.25, 0.3) is 0 Å². The lowest BCUT2D eigenvalue weighted by Crippen LogP contribution is -2.04. The predicted octanol–water partition coefficient (Wildman–Crippen LogP) is 4.24. The van der Waals surface area contributed by atoms with Crippen molar-refractivity contribution in [3.8, 4) is 0 Å². The molecule has 104 valence electrons. The molecule has 0 saturated heterocycles. The van der Waals surface area contributed by atoms with Crippen LogP contribution in [0, 0.1) is 0 Å². The van der Waals surface area contributed by atoms with Crippen LogP contribution in [0.25, 0.3) is 0 Å². The lowest BCUT2D eigenvalue weighted by atomic mass is 10.1. The van der Waals surface area contributed by atoms with Crippen molar-refractivity contribution in [1.82, 2.24) is 4.98 Å². The third kappa shape index (κ3) is 3.57. The molecule has 2 aromatic rings. The standard InChI is InChI=1S/C15H15BrN2O2/c1-2-5-11-8-10(15(19)20)9-14(17-11)18-13-7-4-3-6-12(13)16/h3-4,6-9H,2,5H2,1H3,(H,17,18)(H,19,20). The number of anilines is 2. The summed E-state index contributed by atoms with van der Waals surface area (Å²) in [6.45, 7) is 2.04. The van der Waals surface area contributed by atoms with Crippen LogP contribution in [0.5, 0.6) is 0 Å². The molecule has 0 bridgehead atoms. The fourth-order valence-electron chi connectivity index (χ4n) is 1.86. The van der Waals surface area contributed by atoms with E-state index < -0.39 is 5.97 Å². The molecule has 0 aliphatic carbocycles. The van der Waals surface area contributed by atoms with Crippen LogP contribution in [0.1, 0.15) is 29.4 Å². The number of aromatic nitrogens is 1. The highest BCUT2D eigenvalue weighted by molar-refractivity contribution is 9.10. The molecule has 0 amide bonds. The van der Waals surface area contributed by atoms with Crippen LogP contribution in [-0.2, 0) is 6.42 Å². The molecule has 1 aromatic heterocycles. The van der Waals surface area contributed by atoms with Gasteiger partial charge in [0.05, 0.1) is 11.3 Å². The smallest absolute Gasteiger partial charge is 0.335 e. The number of para-hydroxylation sites is 1. The van der Waals surface area contributed by atoms with Gasteiger partial charge in [-0.1, -0.05) is 25.5 Å². The van der Waals surface area contributed by atoms with Gasteiger partial charge in [-0.25, -0.2) is 9.78 Å². The normalized spacial score (nSPS) is 10.3. The van der Waals surface area contributed by atoms with Gasteiger partial charge in [-0.05, 0) is 46.6 Å². The first-order valence-electron chi connectivity index (χ1n) is 6.36. The Labute approximate surface area is 126 Å². The molecule has 1 aromatic carbocycles. The Balaban J connectivity index is 2.35. The molecular weight excluding hydrogens is 320 g/mol. The highest BCUT2D eigenvalue weighted by atomic mass is 79.9. The Kier molecular flexibility index (Phi) is 4.74. The van der Waals surface area contributed by atoms with Crippen molar-refractivity contribution in [2.45, 2.75) is 19.8 Å². The Morgan fingerprint density at radius 3 is 2.75 bits per heavy atom. The lowest BCUT2D eigenvalue weighted by molar-refractivity contribution is 0.0696. The molecule has 0 saturated carbocycles. The van der Waals surface area contributed by atoms with Gasteiger partial charge in [-0.15, -0.1) is 0 Å². The quantitative estimate of drug-likeness (QED) is 0.858. The molecule has 0 radical (unpaired) electrons. The Hall–Kier alpha value is -1.88. The number of rotatable bonds is 5. The van der Waals surface area contributed by atoms with Crippen LogP contribution in [0.3, 0.4) is 0 Å². The largest absolute Gasteiger partial charge is 0.478 e. The molecule has 0 aliphatic rings. The van der Waals surface area contributed by atoms with E-state index in [0.29, 0.717) is 5.82 Å². The van der Waals surface area contributed by atoms with Gasteiger partial charge in [0.2, 0.25) is 0 Å². The van der Waals surface area contributed by atoms with E-state index in [0.717, 1.165) is 28.7 Å². The Morgan fingerprint density at radius 2 is 2.10 bits per heavy atom. The summed E-state index contributed by atoms with van der Waals surface area (Å²) in [6.07, 6.45) is 1.68. The topological polar surface area (TPSA) is 62.2 Å². The molecule has 2 N–H and O–H groups in total. The van der Waals surface area contributed by atoms with Crippen molar-refractivity contribution in [1.29, 1.82) is 0 Å². The van der Waals surface area contributed by atoms with E-state index in [4.69, 9.17) is 5.11 Å². The van der Waals surface area contributed by atoms with Gasteiger partial charge in [-0.2, -0.15) is 0 Å². The monoisotopic (exact) mass is 334 g/mol. The summed E-state index contributed by atoms with van der Waals surface area (Å²) in [7, 11) is 0. The van der Waals surface area contributed by atoms with Gasteiger partial charge in [0.1, 0.15) is 5.82 Å². The van der Waals surface area contributed by atoms with Crippen LogP contribution < -0.4 is 5.32 Å². The summed E-state index contributed by atoms with van der Waals surface area (Å²) < 4.78 is 0.902. The van der Waals surface area contributed by atoms with E-state index in [1.165, 1.54) is 0 Å². The number of hydrogen-bond donors (Lipinski definition) is 2. The summed E-state index contributed by atoms with van der Waals surface area (Å²) in [4.78, 5) is 15.6. The van der Waals surface area contributed by atoms with Crippen molar-refractivity contribution < 1.29 is 9.90 Å². The SMILES string of the molecule is CCCc1cc(C(=O)O)cc(Nc2ccccc2Br)n1. The minimum Gasteiger partial charge on any atom is -0.478 e. The molecule has 20 heavy (non-hydrogen) atoms. The fraction of sp³-hybridized carbons (Fsp3) is 0.200. The first kappa shape index (κ1) is 14.5. The van der Waals surface area contributed by atoms with Crippen molar-refractivity contribution in [3.05, 3.63) is 52.1 Å². The number of carboxylic acids is 1. The minimum atomic E-state index is -0.945. The molecule has 0 fully saturated rings. The number of benzene rings is 1. The van der Waals surface area contributed by atoms with Crippen molar-refractivity contribution in [2.24, 2.45) is 0 Å². The summed E-state index contributed by atoms with van der Waals surface area (Å²) >= 11 is 3.44. The molecular formula is C15H15BrN2O2. The minimum absolute atomic E-state index is 0.248. The summed E-state index contributed by atoms with van der Waals surface area (Å²) in [5.74, 6) is -0.403. The average Bonchev–Trinajstić information content (AvgIpc) is 2.41. The van der Waals surface area contributed by atoms with Crippen molar-refractivity contribution in [3.63, 3.8) is 0 Å². The zero-order valence-electron chi connectivity index (χ0n) is 11.1. The van der Waals surface area contributed by atoms with Crippen molar-refractivity contribution in [2.75, 3.05) is 5.32 Å². The number of halogens is 1. The van der Waals surface area contributed by atoms with Gasteiger partial charge in [0.15, 0.2) is 0 Å². The molecule has 4 nitrogen and oxygen atoms in total. The highest BCUT2D eigenvalue weighted by Gasteiger charge is 2.09. The second kappa shape index (κ2) is 6.52. The highest BCUT2D eigenvalue weighted by Crippen LogP contribution is 2.25. The van der Waals surface area contributed by atoms with E-state index >= 15 is 0 Å². The number of pyridine rings is 1. The fourth-order valence-corrected chi connectivity index (χ4v) is 2.24. The lowest BCUT2D eigenvalue weighted by Gasteiger charge is -2.10. The van der Waals surface area contributed by atoms with E-state index in [1.807, 2.05) is 31.2 Å². The van der Waals surface area contributed by atoms with Crippen LogP contribution >= 0.6 is 15.9 Å². The first-order valence-corrected chi connectivity index (χ1v) is 7.15. The van der Waals surface area contributed by atoms with Crippen LogP contribution in [0.15, 0.2) is 40.9 Å². The number of nitrogens with one attached hydrogen (secondary N) is 1. The maximum absolute atomic E-state index is 11.2. The number of aryl methyl sites for hydroxylation is 1.